The van der Waals surface area contributed by atoms with Gasteiger partial charge in [-0.3, -0.25) is 0 Å². The highest BCUT2D eigenvalue weighted by molar-refractivity contribution is 5.88. The van der Waals surface area contributed by atoms with Crippen molar-refractivity contribution in [2.45, 2.75) is 45.4 Å². The van der Waals surface area contributed by atoms with Crippen molar-refractivity contribution in [2.75, 3.05) is 34.2 Å². The number of hydrogen-bond donors (Lipinski definition) is 0. The van der Waals surface area contributed by atoms with E-state index in [-0.39, 0.29) is 5.90 Å². The molecule has 3 heteroatoms. The molecule has 0 unspecified atom stereocenters. The summed E-state index contributed by atoms with van der Waals surface area (Å²) in [6.07, 6.45) is 7.38. The predicted octanol–water partition coefficient (Wildman–Crippen LogP) is 2.37. The number of nitrogens with zero attached hydrogens (tertiary/aromatic N) is 2. The van der Waals surface area contributed by atoms with E-state index < -0.39 is 0 Å². The van der Waals surface area contributed by atoms with Crippen LogP contribution in [0.15, 0.2) is 17.1 Å². The molecule has 0 radical (unpaired) electrons. The van der Waals surface area contributed by atoms with E-state index >= 15 is 0 Å². The van der Waals surface area contributed by atoms with Gasteiger partial charge in [0, 0.05) is 6.54 Å². The van der Waals surface area contributed by atoms with Gasteiger partial charge in [-0.15, -0.1) is 0 Å². The molecule has 0 aliphatic heterocycles. The molecule has 0 N–H and O–H groups in total. The largest absolute Gasteiger partial charge is 0.859 e. The molecule has 0 saturated heterocycles. The maximum atomic E-state index is 11.1. The van der Waals surface area contributed by atoms with Crippen molar-refractivity contribution in [3.05, 3.63) is 12.2 Å². The van der Waals surface area contributed by atoms with Crippen LogP contribution in [-0.2, 0) is 0 Å². The van der Waals surface area contributed by atoms with E-state index in [4.69, 9.17) is 0 Å². The van der Waals surface area contributed by atoms with Crippen LogP contribution >= 0.6 is 0 Å². The topological polar surface area (TPSA) is 35.4 Å². The van der Waals surface area contributed by atoms with Crippen LogP contribution in [0, 0.1) is 0 Å². The van der Waals surface area contributed by atoms with Gasteiger partial charge in [0.1, 0.15) is 0 Å². The Bertz CT molecular complexity index is 264. The molecule has 3 nitrogen and oxygen atoms in total. The van der Waals surface area contributed by atoms with Crippen LogP contribution in [0.1, 0.15) is 45.4 Å². The van der Waals surface area contributed by atoms with Crippen molar-refractivity contribution < 1.29 is 9.59 Å². The van der Waals surface area contributed by atoms with Crippen molar-refractivity contribution in [3.63, 3.8) is 0 Å². The van der Waals surface area contributed by atoms with E-state index in [0.29, 0.717) is 12.1 Å². The Balaban J connectivity index is 3.32. The standard InChI is InChI=1S/C15H30N2O/c1-14(2)15(18)16-12-10-8-6-7-9-11-13-17(3,4)5/h1,6-13H2,2-5H3. The van der Waals surface area contributed by atoms with E-state index in [1.165, 1.54) is 38.6 Å². The predicted molar refractivity (Wildman–Crippen MR) is 77.7 cm³/mol. The summed E-state index contributed by atoms with van der Waals surface area (Å²) < 4.78 is 1.06. The number of hydrogen-bond acceptors (Lipinski definition) is 2. The number of quaternary nitrogens is 1. The zero-order valence-corrected chi connectivity index (χ0v) is 12.7. The monoisotopic (exact) mass is 254 g/mol. The van der Waals surface area contributed by atoms with E-state index in [1.807, 2.05) is 0 Å². The van der Waals surface area contributed by atoms with Gasteiger partial charge in [-0.1, -0.05) is 25.8 Å². The second kappa shape index (κ2) is 9.15. The van der Waals surface area contributed by atoms with Crippen molar-refractivity contribution in [1.29, 1.82) is 0 Å². The van der Waals surface area contributed by atoms with Crippen molar-refractivity contribution >= 4 is 5.90 Å². The molecule has 0 amide bonds. The van der Waals surface area contributed by atoms with Crippen LogP contribution < -0.4 is 5.11 Å². The van der Waals surface area contributed by atoms with E-state index in [2.05, 4.69) is 32.7 Å². The van der Waals surface area contributed by atoms with E-state index in [9.17, 15) is 5.11 Å². The molecule has 0 rings (SSSR count). The molecule has 0 bridgehead atoms. The maximum absolute atomic E-state index is 11.1. The summed E-state index contributed by atoms with van der Waals surface area (Å²) in [5.74, 6) is -0.141. The summed E-state index contributed by atoms with van der Waals surface area (Å²) in [7, 11) is 6.71. The summed E-state index contributed by atoms with van der Waals surface area (Å²) in [5.41, 5.74) is 0.537. The fraction of sp³-hybridized carbons (Fsp3) is 0.800. The zero-order valence-electron chi connectivity index (χ0n) is 12.7. The third-order valence-corrected chi connectivity index (χ3v) is 2.86. The summed E-state index contributed by atoms with van der Waals surface area (Å²) >= 11 is 0. The van der Waals surface area contributed by atoms with Gasteiger partial charge in [0.05, 0.1) is 27.7 Å². The van der Waals surface area contributed by atoms with Gasteiger partial charge in [-0.05, 0) is 37.7 Å². The van der Waals surface area contributed by atoms with Crippen molar-refractivity contribution in [1.82, 2.24) is 0 Å². The first-order valence-corrected chi connectivity index (χ1v) is 7.01. The highest BCUT2D eigenvalue weighted by Crippen LogP contribution is 2.07. The average molecular weight is 254 g/mol. The Morgan fingerprint density at radius 3 is 2.00 bits per heavy atom. The lowest BCUT2D eigenvalue weighted by Gasteiger charge is -2.23. The fourth-order valence-electron chi connectivity index (χ4n) is 1.72. The van der Waals surface area contributed by atoms with Gasteiger partial charge in [0.2, 0.25) is 0 Å². The summed E-state index contributed by atoms with van der Waals surface area (Å²) in [4.78, 5) is 3.95. The van der Waals surface area contributed by atoms with E-state index in [0.717, 1.165) is 10.9 Å². The van der Waals surface area contributed by atoms with Crippen molar-refractivity contribution in [3.8, 4) is 0 Å². The van der Waals surface area contributed by atoms with E-state index in [1.54, 1.807) is 6.92 Å². The lowest BCUT2D eigenvalue weighted by Crippen LogP contribution is -2.35. The van der Waals surface area contributed by atoms with Crippen LogP contribution in [0.4, 0.5) is 0 Å². The molecular formula is C15H30N2O. The molecule has 0 saturated carbocycles. The molecule has 0 aliphatic rings. The van der Waals surface area contributed by atoms with Gasteiger partial charge < -0.3 is 14.6 Å². The number of unbranched alkanes of at least 4 members (excludes halogenated alkanes) is 5. The first kappa shape index (κ1) is 17.2. The second-order valence-corrected chi connectivity index (χ2v) is 6.10. The van der Waals surface area contributed by atoms with Gasteiger partial charge >= 0.3 is 0 Å². The smallest absolute Gasteiger partial charge is 0.0780 e. The minimum Gasteiger partial charge on any atom is -0.859 e. The van der Waals surface area contributed by atoms with Crippen LogP contribution in [-0.4, -0.2) is 44.6 Å². The number of rotatable bonds is 10. The zero-order chi connectivity index (χ0) is 14.0. The maximum Gasteiger partial charge on any atom is 0.0780 e. The summed E-state index contributed by atoms with van der Waals surface area (Å²) in [6.45, 7) is 7.20. The Kier molecular flexibility index (Phi) is 8.73. The second-order valence-electron chi connectivity index (χ2n) is 6.10. The first-order chi connectivity index (χ1) is 8.33. The molecule has 0 fully saturated rings. The Morgan fingerprint density at radius 2 is 1.50 bits per heavy atom. The minimum atomic E-state index is -0.141. The summed E-state index contributed by atoms with van der Waals surface area (Å²) in [6, 6.07) is 0. The molecule has 0 aromatic carbocycles. The third kappa shape index (κ3) is 11.6. The average Bonchev–Trinajstić information content (AvgIpc) is 2.24. The van der Waals surface area contributed by atoms with Crippen LogP contribution in [0.2, 0.25) is 0 Å². The normalized spacial score (nSPS) is 12.8. The van der Waals surface area contributed by atoms with Gasteiger partial charge in [-0.25, -0.2) is 0 Å². The van der Waals surface area contributed by atoms with Crippen LogP contribution in [0.3, 0.4) is 0 Å². The highest BCUT2D eigenvalue weighted by Gasteiger charge is 2.04. The third-order valence-electron chi connectivity index (χ3n) is 2.86. The summed E-state index contributed by atoms with van der Waals surface area (Å²) in [5, 5.41) is 11.1. The molecule has 0 aromatic heterocycles. The Hall–Kier alpha value is -0.830. The van der Waals surface area contributed by atoms with Gasteiger partial charge in [0.25, 0.3) is 0 Å². The molecule has 106 valence electrons. The Labute approximate surface area is 113 Å². The molecule has 18 heavy (non-hydrogen) atoms. The SMILES string of the molecule is C=C(C)C([O-])=NCCCCCCCC[N+](C)(C)C. The molecule has 0 heterocycles. The number of aliphatic imine (C=N–C) groups is 1. The lowest BCUT2D eigenvalue weighted by molar-refractivity contribution is -0.870. The Morgan fingerprint density at radius 1 is 1.00 bits per heavy atom. The van der Waals surface area contributed by atoms with Crippen molar-refractivity contribution in [2.24, 2.45) is 4.99 Å². The molecule has 0 spiro atoms. The molecular weight excluding hydrogens is 224 g/mol. The van der Waals surface area contributed by atoms with Gasteiger partial charge in [0.15, 0.2) is 0 Å². The van der Waals surface area contributed by atoms with Crippen LogP contribution in [0.25, 0.3) is 0 Å². The van der Waals surface area contributed by atoms with Gasteiger partial charge in [-0.2, -0.15) is 0 Å². The highest BCUT2D eigenvalue weighted by atomic mass is 16.3. The molecule has 0 aliphatic carbocycles. The molecule has 0 atom stereocenters. The first-order valence-electron chi connectivity index (χ1n) is 7.01. The quantitative estimate of drug-likeness (QED) is 0.255. The van der Waals surface area contributed by atoms with Crippen LogP contribution in [0.5, 0.6) is 0 Å². The fourth-order valence-corrected chi connectivity index (χ4v) is 1.72. The molecule has 0 aromatic rings. The minimum absolute atomic E-state index is 0.141. The lowest BCUT2D eigenvalue weighted by atomic mass is 10.1.